The fourth-order valence-electron chi connectivity index (χ4n) is 8.97. The van der Waals surface area contributed by atoms with Gasteiger partial charge in [0.2, 0.25) is 0 Å². The molecule has 7 nitrogen and oxygen atoms in total. The molecule has 0 aliphatic carbocycles. The molecule has 0 atom stereocenters. The van der Waals surface area contributed by atoms with Gasteiger partial charge in [0.25, 0.3) is 0 Å². The van der Waals surface area contributed by atoms with Crippen molar-refractivity contribution in [2.75, 3.05) is 0 Å². The second-order valence-corrected chi connectivity index (χ2v) is 16.7. The average Bonchev–Trinajstić information content (AvgIpc) is 4.03. The zero-order valence-electron chi connectivity index (χ0n) is 33.5. The highest BCUT2D eigenvalue weighted by Gasteiger charge is 2.22. The monoisotopic (exact) mass is 824 g/mol. The van der Waals surface area contributed by atoms with E-state index in [2.05, 4.69) is 144 Å². The Morgan fingerprint density at radius 2 is 1.03 bits per heavy atom. The standard InChI is InChI=1S/C55H32N6OS/c1-4-15-33(16-5-1)49-51-50(40-22-11-13-25-45(40)62-51)57-53(56-49)35-28-30-46-42(31-35)48-41(23-14-26-47(48)63-46)55-59-52(34-17-6-2-7-18-34)58-54(60-55)36-27-29-39-38-21-10-12-24-43(38)61(44(39)32-36)37-19-8-3-9-20-37/h1-32H. The molecule has 8 aromatic carbocycles. The van der Waals surface area contributed by atoms with Crippen molar-refractivity contribution >= 4 is 75.4 Å². The van der Waals surface area contributed by atoms with E-state index in [-0.39, 0.29) is 0 Å². The lowest BCUT2D eigenvalue weighted by Gasteiger charge is -2.11. The van der Waals surface area contributed by atoms with Gasteiger partial charge in [0, 0.05) is 69.8 Å². The molecule has 0 aliphatic heterocycles. The van der Waals surface area contributed by atoms with Crippen LogP contribution in [0.5, 0.6) is 0 Å². The molecule has 0 saturated carbocycles. The van der Waals surface area contributed by atoms with Crippen LogP contribution in [0.1, 0.15) is 0 Å². The molecule has 0 radical (unpaired) electrons. The third-order valence-electron chi connectivity index (χ3n) is 11.9. The van der Waals surface area contributed by atoms with Gasteiger partial charge < -0.3 is 8.98 Å². The van der Waals surface area contributed by atoms with Crippen LogP contribution in [-0.2, 0) is 0 Å². The van der Waals surface area contributed by atoms with Crippen LogP contribution in [0.3, 0.4) is 0 Å². The van der Waals surface area contributed by atoms with E-state index in [4.69, 9.17) is 29.3 Å². The molecule has 0 amide bonds. The van der Waals surface area contributed by atoms with Crippen LogP contribution in [0.25, 0.3) is 127 Å². The molecule has 0 fully saturated rings. The van der Waals surface area contributed by atoms with E-state index in [1.165, 1.54) is 10.8 Å². The summed E-state index contributed by atoms with van der Waals surface area (Å²) in [5, 5.41) is 5.48. The summed E-state index contributed by atoms with van der Waals surface area (Å²) in [6.07, 6.45) is 0. The smallest absolute Gasteiger partial charge is 0.180 e. The largest absolute Gasteiger partial charge is 0.452 e. The van der Waals surface area contributed by atoms with Gasteiger partial charge in [-0.1, -0.05) is 133 Å². The van der Waals surface area contributed by atoms with E-state index in [0.29, 0.717) is 28.9 Å². The van der Waals surface area contributed by atoms with Crippen molar-refractivity contribution in [3.63, 3.8) is 0 Å². The minimum atomic E-state index is 0.602. The number of para-hydroxylation sites is 3. The number of hydrogen-bond acceptors (Lipinski definition) is 7. The SMILES string of the molecule is c1ccc(-c2nc(-c3ccc4c5ccccc5n(-c5ccccc5)c4c3)nc(-c3cccc4sc5ccc(-c6nc(-c7ccccc7)c7oc8ccccc8c7n6)cc5c34)n2)cc1. The molecule has 13 aromatic rings. The number of nitrogens with zero attached hydrogens (tertiary/aromatic N) is 6. The number of furan rings is 1. The van der Waals surface area contributed by atoms with Gasteiger partial charge in [-0.05, 0) is 60.7 Å². The van der Waals surface area contributed by atoms with Gasteiger partial charge in [0.1, 0.15) is 16.8 Å². The number of hydrogen-bond donors (Lipinski definition) is 0. The maximum absolute atomic E-state index is 6.41. The first-order chi connectivity index (χ1) is 31.2. The van der Waals surface area contributed by atoms with E-state index in [9.17, 15) is 0 Å². The van der Waals surface area contributed by atoms with Crippen LogP contribution >= 0.6 is 11.3 Å². The lowest BCUT2D eigenvalue weighted by molar-refractivity contribution is 0.667. The van der Waals surface area contributed by atoms with Gasteiger partial charge in [-0.3, -0.25) is 0 Å². The third-order valence-corrected chi connectivity index (χ3v) is 13.0. The van der Waals surface area contributed by atoms with Crippen LogP contribution in [0.15, 0.2) is 199 Å². The van der Waals surface area contributed by atoms with E-state index < -0.39 is 0 Å². The van der Waals surface area contributed by atoms with Crippen LogP contribution in [-0.4, -0.2) is 29.5 Å². The fraction of sp³-hybridized carbons (Fsp3) is 0. The second kappa shape index (κ2) is 14.1. The van der Waals surface area contributed by atoms with Gasteiger partial charge in [-0.15, -0.1) is 11.3 Å². The molecule has 0 saturated heterocycles. The maximum atomic E-state index is 6.41. The first-order valence-electron chi connectivity index (χ1n) is 20.8. The molecule has 5 heterocycles. The van der Waals surface area contributed by atoms with Crippen molar-refractivity contribution in [2.45, 2.75) is 0 Å². The summed E-state index contributed by atoms with van der Waals surface area (Å²) in [4.78, 5) is 26.1. The number of fused-ring (bicyclic) bond motifs is 9. The summed E-state index contributed by atoms with van der Waals surface area (Å²) in [6.45, 7) is 0. The molecule has 5 aromatic heterocycles. The van der Waals surface area contributed by atoms with Gasteiger partial charge in [-0.25, -0.2) is 24.9 Å². The van der Waals surface area contributed by atoms with Crippen molar-refractivity contribution in [1.29, 1.82) is 0 Å². The number of thiophene rings is 1. The summed E-state index contributed by atoms with van der Waals surface area (Å²) in [6, 6.07) is 66.9. The van der Waals surface area contributed by atoms with Crippen molar-refractivity contribution in [3.05, 3.63) is 194 Å². The molecule has 13 rings (SSSR count). The Kier molecular flexibility index (Phi) is 7.94. The van der Waals surface area contributed by atoms with Crippen molar-refractivity contribution in [2.24, 2.45) is 0 Å². The summed E-state index contributed by atoms with van der Waals surface area (Å²) < 4.78 is 11.0. The van der Waals surface area contributed by atoms with Gasteiger partial charge >= 0.3 is 0 Å². The predicted molar refractivity (Wildman–Crippen MR) is 257 cm³/mol. The van der Waals surface area contributed by atoms with Crippen LogP contribution in [0.4, 0.5) is 0 Å². The van der Waals surface area contributed by atoms with Gasteiger partial charge in [0.15, 0.2) is 28.9 Å². The number of rotatable bonds is 6. The van der Waals surface area contributed by atoms with Crippen LogP contribution < -0.4 is 0 Å². The highest BCUT2D eigenvalue weighted by molar-refractivity contribution is 7.26. The van der Waals surface area contributed by atoms with E-state index in [1.54, 1.807) is 11.3 Å². The van der Waals surface area contributed by atoms with Gasteiger partial charge in [0.05, 0.1) is 11.0 Å². The molecular formula is C55H32N6OS. The van der Waals surface area contributed by atoms with E-state index in [0.717, 1.165) is 86.9 Å². The summed E-state index contributed by atoms with van der Waals surface area (Å²) >= 11 is 1.75. The highest BCUT2D eigenvalue weighted by atomic mass is 32.1. The first-order valence-corrected chi connectivity index (χ1v) is 21.6. The average molecular weight is 825 g/mol. The van der Waals surface area contributed by atoms with Crippen molar-refractivity contribution < 1.29 is 4.42 Å². The molecular weight excluding hydrogens is 793 g/mol. The van der Waals surface area contributed by atoms with Crippen LogP contribution in [0.2, 0.25) is 0 Å². The summed E-state index contributed by atoms with van der Waals surface area (Å²) in [5.41, 5.74) is 11.0. The normalized spacial score (nSPS) is 11.8. The fourth-order valence-corrected chi connectivity index (χ4v) is 10.1. The Balaban J connectivity index is 1.02. The molecule has 0 aliphatic rings. The zero-order chi connectivity index (χ0) is 41.4. The van der Waals surface area contributed by atoms with Gasteiger partial charge in [-0.2, -0.15) is 0 Å². The van der Waals surface area contributed by atoms with E-state index in [1.807, 2.05) is 54.6 Å². The van der Waals surface area contributed by atoms with Crippen molar-refractivity contribution in [1.82, 2.24) is 29.5 Å². The molecule has 0 bridgehead atoms. The molecule has 0 unspecified atom stereocenters. The van der Waals surface area contributed by atoms with Crippen LogP contribution in [0, 0.1) is 0 Å². The lowest BCUT2D eigenvalue weighted by atomic mass is 10.0. The minimum absolute atomic E-state index is 0.602. The molecule has 0 N–H and O–H groups in total. The Morgan fingerprint density at radius 1 is 0.397 bits per heavy atom. The lowest BCUT2D eigenvalue weighted by Crippen LogP contribution is -2.01. The first kappa shape index (κ1) is 35.4. The minimum Gasteiger partial charge on any atom is -0.452 e. The number of benzene rings is 8. The summed E-state index contributed by atoms with van der Waals surface area (Å²) in [7, 11) is 0. The Hall–Kier alpha value is -8.33. The second-order valence-electron chi connectivity index (χ2n) is 15.6. The Bertz CT molecular complexity index is 3910. The Morgan fingerprint density at radius 3 is 1.86 bits per heavy atom. The number of aromatic nitrogens is 6. The molecule has 294 valence electrons. The topological polar surface area (TPSA) is 82.5 Å². The molecule has 63 heavy (non-hydrogen) atoms. The van der Waals surface area contributed by atoms with Crippen molar-refractivity contribution in [3.8, 4) is 62.5 Å². The van der Waals surface area contributed by atoms with E-state index >= 15 is 0 Å². The predicted octanol–water partition coefficient (Wildman–Crippen LogP) is 14.4. The summed E-state index contributed by atoms with van der Waals surface area (Å²) in [5.74, 6) is 2.44. The molecule has 8 heteroatoms. The molecule has 0 spiro atoms. The maximum Gasteiger partial charge on any atom is 0.180 e. The quantitative estimate of drug-likeness (QED) is 0.166. The Labute approximate surface area is 364 Å². The zero-order valence-corrected chi connectivity index (χ0v) is 34.3. The highest BCUT2D eigenvalue weighted by Crippen LogP contribution is 2.43. The third kappa shape index (κ3) is 5.76.